The molecule has 0 spiro atoms. The second-order valence-corrected chi connectivity index (χ2v) is 7.57. The summed E-state index contributed by atoms with van der Waals surface area (Å²) < 4.78 is 27.8. The fraction of sp³-hybridized carbons (Fsp3) is 0.0500. The van der Waals surface area contributed by atoms with Gasteiger partial charge in [0.15, 0.2) is 0 Å². The van der Waals surface area contributed by atoms with E-state index in [1.165, 1.54) is 30.3 Å². The molecule has 0 radical (unpaired) electrons. The zero-order valence-electron chi connectivity index (χ0n) is 14.0. The lowest BCUT2D eigenvalue weighted by Crippen LogP contribution is -2.13. The second kappa shape index (κ2) is 7.01. The Bertz CT molecular complexity index is 1060. The SMILES string of the molecule is Cc1cccc(-c2cccc(S(=O)(=O)Nc3ccc(C(=O)O)cc3)c2)c1. The topological polar surface area (TPSA) is 83.5 Å². The van der Waals surface area contributed by atoms with E-state index in [1.54, 1.807) is 12.1 Å². The Kier molecular flexibility index (Phi) is 4.77. The molecule has 0 atom stereocenters. The molecule has 132 valence electrons. The summed E-state index contributed by atoms with van der Waals surface area (Å²) in [4.78, 5) is 11.0. The molecule has 3 aromatic carbocycles. The molecule has 0 aliphatic rings. The molecule has 0 aliphatic heterocycles. The van der Waals surface area contributed by atoms with Crippen LogP contribution in [0.25, 0.3) is 11.1 Å². The highest BCUT2D eigenvalue weighted by atomic mass is 32.2. The van der Waals surface area contributed by atoms with Gasteiger partial charge in [0, 0.05) is 5.69 Å². The molecule has 0 aliphatic carbocycles. The van der Waals surface area contributed by atoms with Crippen molar-refractivity contribution < 1.29 is 18.3 Å². The maximum absolute atomic E-state index is 12.6. The monoisotopic (exact) mass is 367 g/mol. The first-order valence-corrected chi connectivity index (χ1v) is 9.37. The van der Waals surface area contributed by atoms with Crippen LogP contribution in [0.2, 0.25) is 0 Å². The first kappa shape index (κ1) is 17.7. The Morgan fingerprint density at radius 3 is 2.12 bits per heavy atom. The van der Waals surface area contributed by atoms with E-state index in [0.717, 1.165) is 16.7 Å². The van der Waals surface area contributed by atoms with E-state index < -0.39 is 16.0 Å². The molecule has 0 aromatic heterocycles. The quantitative estimate of drug-likeness (QED) is 0.709. The zero-order chi connectivity index (χ0) is 18.7. The summed E-state index contributed by atoms with van der Waals surface area (Å²) in [7, 11) is -3.78. The Morgan fingerprint density at radius 2 is 1.50 bits per heavy atom. The molecular formula is C20H17NO4S. The summed E-state index contributed by atoms with van der Waals surface area (Å²) in [5, 5.41) is 8.91. The summed E-state index contributed by atoms with van der Waals surface area (Å²) in [5.41, 5.74) is 3.23. The minimum Gasteiger partial charge on any atom is -0.478 e. The number of benzene rings is 3. The van der Waals surface area contributed by atoms with Gasteiger partial charge in [0.2, 0.25) is 0 Å². The Labute approximate surface area is 152 Å². The fourth-order valence-corrected chi connectivity index (χ4v) is 3.67. The van der Waals surface area contributed by atoms with Gasteiger partial charge >= 0.3 is 5.97 Å². The molecule has 0 saturated carbocycles. The van der Waals surface area contributed by atoms with E-state index in [0.29, 0.717) is 5.69 Å². The largest absolute Gasteiger partial charge is 0.478 e. The molecule has 5 nitrogen and oxygen atoms in total. The zero-order valence-corrected chi connectivity index (χ0v) is 14.8. The van der Waals surface area contributed by atoms with E-state index in [4.69, 9.17) is 5.11 Å². The van der Waals surface area contributed by atoms with Gasteiger partial charge in [-0.2, -0.15) is 0 Å². The number of nitrogens with one attached hydrogen (secondary N) is 1. The maximum atomic E-state index is 12.6. The molecule has 0 saturated heterocycles. The molecule has 3 rings (SSSR count). The van der Waals surface area contributed by atoms with Crippen LogP contribution < -0.4 is 4.72 Å². The molecule has 26 heavy (non-hydrogen) atoms. The number of aromatic carboxylic acids is 1. The van der Waals surface area contributed by atoms with Crippen LogP contribution >= 0.6 is 0 Å². The number of hydrogen-bond acceptors (Lipinski definition) is 3. The maximum Gasteiger partial charge on any atom is 0.335 e. The van der Waals surface area contributed by atoms with Gasteiger partial charge in [0.25, 0.3) is 10.0 Å². The van der Waals surface area contributed by atoms with Gasteiger partial charge in [-0.1, -0.05) is 42.0 Å². The third-order valence-corrected chi connectivity index (χ3v) is 5.26. The molecule has 0 bridgehead atoms. The Balaban J connectivity index is 1.90. The Morgan fingerprint density at radius 1 is 0.885 bits per heavy atom. The first-order chi connectivity index (χ1) is 12.3. The molecule has 2 N–H and O–H groups in total. The van der Waals surface area contributed by atoms with Gasteiger partial charge in [0.1, 0.15) is 0 Å². The highest BCUT2D eigenvalue weighted by Gasteiger charge is 2.15. The van der Waals surface area contributed by atoms with E-state index in [9.17, 15) is 13.2 Å². The van der Waals surface area contributed by atoms with Gasteiger partial charge < -0.3 is 5.11 Å². The molecule has 6 heteroatoms. The number of carbonyl (C=O) groups is 1. The number of aryl methyl sites for hydroxylation is 1. The van der Waals surface area contributed by atoms with Crippen LogP contribution in [-0.2, 0) is 10.0 Å². The van der Waals surface area contributed by atoms with E-state index in [2.05, 4.69) is 4.72 Å². The average molecular weight is 367 g/mol. The van der Waals surface area contributed by atoms with Crippen LogP contribution in [0.3, 0.4) is 0 Å². The van der Waals surface area contributed by atoms with Gasteiger partial charge in [0.05, 0.1) is 10.5 Å². The van der Waals surface area contributed by atoms with Crippen molar-refractivity contribution in [1.29, 1.82) is 0 Å². The fourth-order valence-electron chi connectivity index (χ4n) is 2.56. The van der Waals surface area contributed by atoms with Crippen molar-refractivity contribution in [2.24, 2.45) is 0 Å². The van der Waals surface area contributed by atoms with Gasteiger partial charge in [-0.05, 0) is 54.4 Å². The van der Waals surface area contributed by atoms with Crippen LogP contribution in [0.1, 0.15) is 15.9 Å². The predicted octanol–water partition coefficient (Wildman–Crippen LogP) is 4.16. The van der Waals surface area contributed by atoms with E-state index in [1.807, 2.05) is 37.3 Å². The van der Waals surface area contributed by atoms with Crippen molar-refractivity contribution in [3.05, 3.63) is 83.9 Å². The minimum absolute atomic E-state index is 0.0920. The highest BCUT2D eigenvalue weighted by Crippen LogP contribution is 2.24. The predicted molar refractivity (Wildman–Crippen MR) is 101 cm³/mol. The second-order valence-electron chi connectivity index (χ2n) is 5.89. The van der Waals surface area contributed by atoms with Crippen molar-refractivity contribution in [2.75, 3.05) is 4.72 Å². The van der Waals surface area contributed by atoms with Crippen molar-refractivity contribution >= 4 is 21.7 Å². The van der Waals surface area contributed by atoms with Crippen molar-refractivity contribution in [3.8, 4) is 11.1 Å². The molecule has 0 fully saturated rings. The molecule has 0 heterocycles. The molecular weight excluding hydrogens is 350 g/mol. The van der Waals surface area contributed by atoms with Crippen molar-refractivity contribution in [3.63, 3.8) is 0 Å². The van der Waals surface area contributed by atoms with Crippen LogP contribution in [0, 0.1) is 6.92 Å². The van der Waals surface area contributed by atoms with Crippen LogP contribution in [0.5, 0.6) is 0 Å². The van der Waals surface area contributed by atoms with Crippen molar-refractivity contribution in [1.82, 2.24) is 0 Å². The van der Waals surface area contributed by atoms with Crippen LogP contribution in [0.4, 0.5) is 5.69 Å². The minimum atomic E-state index is -3.78. The van der Waals surface area contributed by atoms with Crippen LogP contribution in [-0.4, -0.2) is 19.5 Å². The van der Waals surface area contributed by atoms with Gasteiger partial charge in [-0.15, -0.1) is 0 Å². The number of carboxylic acids is 1. The number of sulfonamides is 1. The average Bonchev–Trinajstić information content (AvgIpc) is 2.62. The summed E-state index contributed by atoms with van der Waals surface area (Å²) in [6, 6.07) is 20.1. The normalized spacial score (nSPS) is 11.1. The lowest BCUT2D eigenvalue weighted by Gasteiger charge is -2.10. The van der Waals surface area contributed by atoms with Gasteiger partial charge in [-0.25, -0.2) is 13.2 Å². The molecule has 0 amide bonds. The molecule has 0 unspecified atom stereocenters. The summed E-state index contributed by atoms with van der Waals surface area (Å²) in [5.74, 6) is -1.06. The smallest absolute Gasteiger partial charge is 0.335 e. The van der Waals surface area contributed by atoms with Gasteiger partial charge in [-0.3, -0.25) is 4.72 Å². The summed E-state index contributed by atoms with van der Waals surface area (Å²) >= 11 is 0. The number of hydrogen-bond donors (Lipinski definition) is 2. The number of rotatable bonds is 5. The van der Waals surface area contributed by atoms with E-state index in [-0.39, 0.29) is 10.5 Å². The third kappa shape index (κ3) is 3.92. The summed E-state index contributed by atoms with van der Waals surface area (Å²) in [6.07, 6.45) is 0. The highest BCUT2D eigenvalue weighted by molar-refractivity contribution is 7.92. The summed E-state index contributed by atoms with van der Waals surface area (Å²) in [6.45, 7) is 1.98. The van der Waals surface area contributed by atoms with Crippen molar-refractivity contribution in [2.45, 2.75) is 11.8 Å². The number of carboxylic acid groups (broad SMARTS) is 1. The Hall–Kier alpha value is -3.12. The first-order valence-electron chi connectivity index (χ1n) is 7.88. The van der Waals surface area contributed by atoms with E-state index >= 15 is 0 Å². The lowest BCUT2D eigenvalue weighted by molar-refractivity contribution is 0.0697. The third-order valence-electron chi connectivity index (χ3n) is 3.88. The lowest BCUT2D eigenvalue weighted by atomic mass is 10.0. The standard InChI is InChI=1S/C20H17NO4S/c1-14-4-2-5-16(12-14)17-6-3-7-19(13-17)26(24,25)21-18-10-8-15(9-11-18)20(22)23/h2-13,21H,1H3,(H,22,23). The number of anilines is 1. The van der Waals surface area contributed by atoms with Crippen LogP contribution in [0.15, 0.2) is 77.7 Å². The molecule has 3 aromatic rings.